The maximum Gasteiger partial charge on any atom is 0.213 e. The Bertz CT molecular complexity index is 1160. The summed E-state index contributed by atoms with van der Waals surface area (Å²) in [5.74, 6) is 0.976. The van der Waals surface area contributed by atoms with Crippen molar-refractivity contribution in [1.29, 1.82) is 0 Å². The molecule has 1 amide bonds. The molecule has 2 aliphatic rings. The SMILES string of the molecule is CN(C=O)c1ccccc1SC[C@H]1O[C@@H](n2cnc3c(N[C@@H]4CCOC4)ncnc32)[C@H](O)[C@@H]1O. The molecule has 34 heavy (non-hydrogen) atoms. The summed E-state index contributed by atoms with van der Waals surface area (Å²) in [7, 11) is 1.68. The van der Waals surface area contributed by atoms with Crippen molar-refractivity contribution in [2.75, 3.05) is 36.2 Å². The number of anilines is 2. The average Bonchev–Trinajstić information content (AvgIpc) is 3.59. The highest BCUT2D eigenvalue weighted by molar-refractivity contribution is 7.99. The molecule has 12 heteroatoms. The lowest BCUT2D eigenvalue weighted by atomic mass is 10.1. The van der Waals surface area contributed by atoms with Crippen molar-refractivity contribution in [1.82, 2.24) is 19.5 Å². The van der Waals surface area contributed by atoms with Gasteiger partial charge in [-0.25, -0.2) is 15.0 Å². The summed E-state index contributed by atoms with van der Waals surface area (Å²) in [6.45, 7) is 1.31. The minimum absolute atomic E-state index is 0.154. The van der Waals surface area contributed by atoms with Gasteiger partial charge in [0, 0.05) is 24.3 Å². The van der Waals surface area contributed by atoms with E-state index in [-0.39, 0.29) is 6.04 Å². The van der Waals surface area contributed by atoms with Gasteiger partial charge in [0.2, 0.25) is 6.41 Å². The zero-order valence-corrected chi connectivity index (χ0v) is 19.3. The molecule has 0 saturated carbocycles. The lowest BCUT2D eigenvalue weighted by Crippen LogP contribution is -2.32. The summed E-state index contributed by atoms with van der Waals surface area (Å²) < 4.78 is 13.1. The fraction of sp³-hybridized carbons (Fsp3) is 0.455. The monoisotopic (exact) mass is 486 g/mol. The summed E-state index contributed by atoms with van der Waals surface area (Å²) in [4.78, 5) is 26.7. The van der Waals surface area contributed by atoms with Crippen LogP contribution in [0.1, 0.15) is 12.6 Å². The van der Waals surface area contributed by atoms with E-state index in [0.29, 0.717) is 35.9 Å². The van der Waals surface area contributed by atoms with Crippen LogP contribution in [0, 0.1) is 0 Å². The maximum atomic E-state index is 11.2. The molecule has 0 unspecified atom stereocenters. The number of thioether (sulfide) groups is 1. The van der Waals surface area contributed by atoms with Crippen LogP contribution in [0.5, 0.6) is 0 Å². The van der Waals surface area contributed by atoms with E-state index in [0.717, 1.165) is 23.4 Å². The van der Waals surface area contributed by atoms with Crippen molar-refractivity contribution in [3.8, 4) is 0 Å². The highest BCUT2D eigenvalue weighted by Crippen LogP contribution is 2.36. The number of para-hydroxylation sites is 1. The van der Waals surface area contributed by atoms with E-state index < -0.39 is 24.5 Å². The number of nitrogens with zero attached hydrogens (tertiary/aromatic N) is 5. The first kappa shape index (κ1) is 23.0. The number of imidazole rings is 1. The molecule has 0 radical (unpaired) electrons. The highest BCUT2D eigenvalue weighted by atomic mass is 32.2. The summed E-state index contributed by atoms with van der Waals surface area (Å²) in [6.07, 6.45) is 0.863. The van der Waals surface area contributed by atoms with Crippen molar-refractivity contribution in [2.45, 2.75) is 41.9 Å². The lowest BCUT2D eigenvalue weighted by molar-refractivity contribution is -0.107. The number of aromatic nitrogens is 4. The number of rotatable bonds is 8. The second kappa shape index (κ2) is 9.84. The molecule has 2 aromatic heterocycles. The van der Waals surface area contributed by atoms with Crippen LogP contribution in [0.2, 0.25) is 0 Å². The Labute approximate surface area is 200 Å². The summed E-state index contributed by atoms with van der Waals surface area (Å²) in [6, 6.07) is 7.64. The van der Waals surface area contributed by atoms with Gasteiger partial charge in [0.1, 0.15) is 18.5 Å². The summed E-state index contributed by atoms with van der Waals surface area (Å²) >= 11 is 1.45. The third-order valence-corrected chi connectivity index (χ3v) is 7.20. The average molecular weight is 487 g/mol. The van der Waals surface area contributed by atoms with E-state index in [4.69, 9.17) is 9.47 Å². The smallest absolute Gasteiger partial charge is 0.213 e. The lowest BCUT2D eigenvalue weighted by Gasteiger charge is -2.18. The van der Waals surface area contributed by atoms with Crippen molar-refractivity contribution in [3.05, 3.63) is 36.9 Å². The minimum atomic E-state index is -1.16. The second-order valence-corrected chi connectivity index (χ2v) is 9.35. The fourth-order valence-electron chi connectivity index (χ4n) is 4.18. The molecule has 5 atom stereocenters. The van der Waals surface area contributed by atoms with Crippen molar-refractivity contribution < 1.29 is 24.5 Å². The van der Waals surface area contributed by atoms with Gasteiger partial charge < -0.3 is 29.9 Å². The molecule has 5 rings (SSSR count). The van der Waals surface area contributed by atoms with Crippen LogP contribution in [0.25, 0.3) is 11.2 Å². The van der Waals surface area contributed by atoms with Crippen molar-refractivity contribution >= 4 is 40.8 Å². The second-order valence-electron chi connectivity index (χ2n) is 8.29. The largest absolute Gasteiger partial charge is 0.387 e. The number of carbonyl (C=O) groups is 1. The van der Waals surface area contributed by atoms with E-state index in [1.165, 1.54) is 23.0 Å². The normalized spacial score (nSPS) is 26.7. The molecule has 180 valence electrons. The van der Waals surface area contributed by atoms with Gasteiger partial charge in [0.25, 0.3) is 0 Å². The van der Waals surface area contributed by atoms with Crippen LogP contribution in [-0.4, -0.2) is 86.5 Å². The van der Waals surface area contributed by atoms with Crippen molar-refractivity contribution in [3.63, 3.8) is 0 Å². The maximum absolute atomic E-state index is 11.2. The molecule has 2 saturated heterocycles. The molecule has 1 aromatic carbocycles. The van der Waals surface area contributed by atoms with Crippen LogP contribution in [0.15, 0.2) is 41.8 Å². The number of fused-ring (bicyclic) bond motifs is 1. The predicted octanol–water partition coefficient (Wildman–Crippen LogP) is 1.03. The molecule has 4 heterocycles. The van der Waals surface area contributed by atoms with Gasteiger partial charge in [-0.15, -0.1) is 11.8 Å². The van der Waals surface area contributed by atoms with Gasteiger partial charge >= 0.3 is 0 Å². The van der Waals surface area contributed by atoms with Crippen LogP contribution >= 0.6 is 11.8 Å². The predicted molar refractivity (Wildman–Crippen MR) is 126 cm³/mol. The molecular weight excluding hydrogens is 460 g/mol. The third kappa shape index (κ3) is 4.34. The van der Waals surface area contributed by atoms with E-state index in [2.05, 4.69) is 20.3 Å². The number of carbonyl (C=O) groups excluding carboxylic acids is 1. The molecule has 2 aliphatic heterocycles. The molecule has 0 spiro atoms. The Morgan fingerprint density at radius 2 is 2.12 bits per heavy atom. The van der Waals surface area contributed by atoms with Gasteiger partial charge in [-0.2, -0.15) is 0 Å². The summed E-state index contributed by atoms with van der Waals surface area (Å²) in [5, 5.41) is 24.8. The van der Waals surface area contributed by atoms with Gasteiger partial charge in [-0.05, 0) is 18.6 Å². The quantitative estimate of drug-likeness (QED) is 0.313. The van der Waals surface area contributed by atoms with Crippen LogP contribution in [0.4, 0.5) is 11.5 Å². The van der Waals surface area contributed by atoms with Crippen LogP contribution in [0.3, 0.4) is 0 Å². The number of nitrogens with one attached hydrogen (secondary N) is 1. The molecular formula is C22H26N6O5S. The van der Waals surface area contributed by atoms with Crippen molar-refractivity contribution in [2.24, 2.45) is 0 Å². The van der Waals surface area contributed by atoms with E-state index in [9.17, 15) is 15.0 Å². The summed E-state index contributed by atoms with van der Waals surface area (Å²) in [5.41, 5.74) is 1.82. The number of ether oxygens (including phenoxy) is 2. The van der Waals surface area contributed by atoms with Gasteiger partial charge in [0.05, 0.1) is 30.8 Å². The molecule has 3 N–H and O–H groups in total. The number of hydrogen-bond acceptors (Lipinski definition) is 10. The molecule has 11 nitrogen and oxygen atoms in total. The Morgan fingerprint density at radius 3 is 2.91 bits per heavy atom. The van der Waals surface area contributed by atoms with E-state index in [1.54, 1.807) is 17.9 Å². The Balaban J connectivity index is 1.33. The number of hydrogen-bond donors (Lipinski definition) is 3. The topological polar surface area (TPSA) is 135 Å². The first-order valence-corrected chi connectivity index (χ1v) is 12.0. The zero-order valence-electron chi connectivity index (χ0n) is 18.5. The Kier molecular flexibility index (Phi) is 6.66. The van der Waals surface area contributed by atoms with Gasteiger partial charge in [-0.1, -0.05) is 12.1 Å². The van der Waals surface area contributed by atoms with Crippen LogP contribution < -0.4 is 10.2 Å². The highest BCUT2D eigenvalue weighted by Gasteiger charge is 2.44. The molecule has 0 bridgehead atoms. The number of amides is 1. The minimum Gasteiger partial charge on any atom is -0.387 e. The van der Waals surface area contributed by atoms with Crippen LogP contribution in [-0.2, 0) is 14.3 Å². The third-order valence-electron chi connectivity index (χ3n) is 6.05. The Hall–Kier alpha value is -2.77. The first-order valence-electron chi connectivity index (χ1n) is 11.0. The van der Waals surface area contributed by atoms with Gasteiger partial charge in [0.15, 0.2) is 23.2 Å². The number of aliphatic hydroxyl groups is 2. The first-order chi connectivity index (χ1) is 16.6. The molecule has 2 fully saturated rings. The van der Waals surface area contributed by atoms with E-state index in [1.807, 2.05) is 24.3 Å². The Morgan fingerprint density at radius 1 is 1.26 bits per heavy atom. The van der Waals surface area contributed by atoms with E-state index >= 15 is 0 Å². The fourth-order valence-corrected chi connectivity index (χ4v) is 5.34. The standard InChI is InChI=1S/C22H26N6O5S/c1-27(12-29)14-4-2-3-5-16(14)34-9-15-18(30)19(31)22(33-15)28-11-25-17-20(23-10-24-21(17)28)26-13-6-7-32-8-13/h2-5,10-13,15,18-19,22,30-31H,6-9H2,1H3,(H,23,24,26)/t13-,15-,18-,19-,22-/m1/s1. The number of aliphatic hydroxyl groups excluding tert-OH is 2. The van der Waals surface area contributed by atoms with Gasteiger partial charge in [-0.3, -0.25) is 9.36 Å². The zero-order chi connectivity index (χ0) is 23.7. The molecule has 0 aliphatic carbocycles. The molecule has 3 aromatic rings. The number of benzene rings is 1.